The maximum Gasteiger partial charge on any atom is 0.246 e. The third-order valence-electron chi connectivity index (χ3n) is 4.80. The second-order valence-corrected chi connectivity index (χ2v) is 8.82. The molecule has 0 atom stereocenters. The zero-order chi connectivity index (χ0) is 18.6. The summed E-state index contributed by atoms with van der Waals surface area (Å²) in [7, 11) is -3.56. The van der Waals surface area contributed by atoms with Crippen molar-refractivity contribution in [3.8, 4) is 0 Å². The molecular weight excluding hydrogens is 340 g/mol. The van der Waals surface area contributed by atoms with Gasteiger partial charge in [-0.25, -0.2) is 8.42 Å². The van der Waals surface area contributed by atoms with Gasteiger partial charge in [-0.3, -0.25) is 9.48 Å². The predicted molar refractivity (Wildman–Crippen MR) is 96.8 cm³/mol. The standard InChI is InChI=1S/C17H30N4O3S/c1-5-6-9-18-16(22)12-21-15(4)17(14(3)19-21)25(23,24)20-10-7-13(2)8-11-20/h13H,5-12H2,1-4H3,(H,18,22). The quantitative estimate of drug-likeness (QED) is 0.742. The van der Waals surface area contributed by atoms with Gasteiger partial charge in [0.1, 0.15) is 11.4 Å². The second-order valence-electron chi connectivity index (χ2n) is 6.95. The van der Waals surface area contributed by atoms with Gasteiger partial charge >= 0.3 is 0 Å². The highest BCUT2D eigenvalue weighted by Gasteiger charge is 2.33. The number of nitrogens with one attached hydrogen (secondary N) is 1. The first kappa shape index (κ1) is 19.9. The van der Waals surface area contributed by atoms with E-state index < -0.39 is 10.0 Å². The molecule has 0 saturated carbocycles. The Labute approximate surface area is 150 Å². The second kappa shape index (κ2) is 8.31. The van der Waals surface area contributed by atoms with Crippen molar-refractivity contribution in [1.82, 2.24) is 19.4 Å². The van der Waals surface area contributed by atoms with E-state index in [0.29, 0.717) is 36.9 Å². The molecule has 0 unspecified atom stereocenters. The third-order valence-corrected chi connectivity index (χ3v) is 6.95. The lowest BCUT2D eigenvalue weighted by atomic mass is 10.0. The summed E-state index contributed by atoms with van der Waals surface area (Å²) in [5.41, 5.74) is 0.985. The Morgan fingerprint density at radius 1 is 1.28 bits per heavy atom. The zero-order valence-electron chi connectivity index (χ0n) is 15.7. The molecule has 1 aromatic heterocycles. The summed E-state index contributed by atoms with van der Waals surface area (Å²) in [5, 5.41) is 7.14. The molecule has 2 rings (SSSR count). The third kappa shape index (κ3) is 4.61. The monoisotopic (exact) mass is 370 g/mol. The SMILES string of the molecule is CCCCNC(=O)Cn1nc(C)c(S(=O)(=O)N2CCC(C)CC2)c1C. The molecule has 1 aromatic rings. The molecule has 0 aliphatic carbocycles. The number of aromatic nitrogens is 2. The Bertz CT molecular complexity index is 704. The minimum absolute atomic E-state index is 0.0446. The van der Waals surface area contributed by atoms with Crippen molar-refractivity contribution < 1.29 is 13.2 Å². The van der Waals surface area contributed by atoms with E-state index in [0.717, 1.165) is 25.7 Å². The first-order chi connectivity index (χ1) is 11.8. The van der Waals surface area contributed by atoms with Crippen LogP contribution in [0, 0.1) is 19.8 Å². The number of carbonyl (C=O) groups excluding carboxylic acids is 1. The van der Waals surface area contributed by atoms with Gasteiger partial charge in [0, 0.05) is 19.6 Å². The van der Waals surface area contributed by atoms with Crippen LogP contribution in [0.3, 0.4) is 0 Å². The summed E-state index contributed by atoms with van der Waals surface area (Å²) in [6, 6.07) is 0. The Morgan fingerprint density at radius 3 is 2.52 bits per heavy atom. The fourth-order valence-electron chi connectivity index (χ4n) is 3.16. The van der Waals surface area contributed by atoms with Crippen LogP contribution >= 0.6 is 0 Å². The van der Waals surface area contributed by atoms with Crippen LogP contribution in [0.25, 0.3) is 0 Å². The van der Waals surface area contributed by atoms with Gasteiger partial charge in [-0.2, -0.15) is 9.40 Å². The van der Waals surface area contributed by atoms with E-state index in [9.17, 15) is 13.2 Å². The highest BCUT2D eigenvalue weighted by molar-refractivity contribution is 7.89. The average Bonchev–Trinajstić information content (AvgIpc) is 2.82. The minimum atomic E-state index is -3.56. The normalized spacial score (nSPS) is 17.0. The number of unbranched alkanes of at least 4 members (excludes halogenated alkanes) is 1. The van der Waals surface area contributed by atoms with Gasteiger partial charge in [0.25, 0.3) is 0 Å². The molecular formula is C17H30N4O3S. The first-order valence-corrected chi connectivity index (χ1v) is 10.5. The van der Waals surface area contributed by atoms with Crippen LogP contribution in [0.5, 0.6) is 0 Å². The maximum absolute atomic E-state index is 13.0. The number of hydrogen-bond donors (Lipinski definition) is 1. The number of hydrogen-bond acceptors (Lipinski definition) is 4. The van der Waals surface area contributed by atoms with Gasteiger partial charge in [0.05, 0.1) is 11.4 Å². The Kier molecular flexibility index (Phi) is 6.62. The predicted octanol–water partition coefficient (Wildman–Crippen LogP) is 1.84. The van der Waals surface area contributed by atoms with Crippen molar-refractivity contribution in [2.45, 2.75) is 64.8 Å². The van der Waals surface area contributed by atoms with Gasteiger partial charge in [0.15, 0.2) is 0 Å². The van der Waals surface area contributed by atoms with Crippen LogP contribution in [-0.4, -0.2) is 48.0 Å². The van der Waals surface area contributed by atoms with E-state index in [1.54, 1.807) is 18.2 Å². The Balaban J connectivity index is 2.17. The van der Waals surface area contributed by atoms with Crippen molar-refractivity contribution >= 4 is 15.9 Å². The van der Waals surface area contributed by atoms with Crippen LogP contribution in [0.2, 0.25) is 0 Å². The van der Waals surface area contributed by atoms with Crippen molar-refractivity contribution in [3.05, 3.63) is 11.4 Å². The molecule has 1 N–H and O–H groups in total. The lowest BCUT2D eigenvalue weighted by molar-refractivity contribution is -0.121. The summed E-state index contributed by atoms with van der Waals surface area (Å²) in [6.45, 7) is 9.39. The molecule has 0 aromatic carbocycles. The van der Waals surface area contributed by atoms with E-state index in [-0.39, 0.29) is 17.3 Å². The number of nitrogens with zero attached hydrogens (tertiary/aromatic N) is 3. The van der Waals surface area contributed by atoms with Crippen LogP contribution in [0.15, 0.2) is 4.90 Å². The molecule has 25 heavy (non-hydrogen) atoms. The van der Waals surface area contributed by atoms with Gasteiger partial charge < -0.3 is 5.32 Å². The van der Waals surface area contributed by atoms with Crippen LogP contribution < -0.4 is 5.32 Å². The van der Waals surface area contributed by atoms with E-state index >= 15 is 0 Å². The van der Waals surface area contributed by atoms with Gasteiger partial charge in [-0.1, -0.05) is 20.3 Å². The van der Waals surface area contributed by atoms with Crippen LogP contribution in [0.1, 0.15) is 50.9 Å². The molecule has 0 spiro atoms. The molecule has 2 heterocycles. The number of amides is 1. The molecule has 7 nitrogen and oxygen atoms in total. The topological polar surface area (TPSA) is 84.3 Å². The van der Waals surface area contributed by atoms with E-state index in [2.05, 4.69) is 24.3 Å². The molecule has 1 aliphatic rings. The smallest absolute Gasteiger partial charge is 0.246 e. The molecule has 1 saturated heterocycles. The number of rotatable bonds is 7. The van der Waals surface area contributed by atoms with E-state index in [4.69, 9.17) is 0 Å². The summed E-state index contributed by atoms with van der Waals surface area (Å²) >= 11 is 0. The van der Waals surface area contributed by atoms with E-state index in [1.165, 1.54) is 4.68 Å². The lowest BCUT2D eigenvalue weighted by Gasteiger charge is -2.29. The van der Waals surface area contributed by atoms with Crippen molar-refractivity contribution in [2.24, 2.45) is 5.92 Å². The Hall–Kier alpha value is -1.41. The van der Waals surface area contributed by atoms with Crippen molar-refractivity contribution in [3.63, 3.8) is 0 Å². The number of carbonyl (C=O) groups is 1. The first-order valence-electron chi connectivity index (χ1n) is 9.08. The van der Waals surface area contributed by atoms with Gasteiger partial charge in [-0.15, -0.1) is 0 Å². The summed E-state index contributed by atoms with van der Waals surface area (Å²) in [6.07, 6.45) is 3.70. The average molecular weight is 371 g/mol. The fraction of sp³-hybridized carbons (Fsp3) is 0.765. The molecule has 0 radical (unpaired) electrons. The minimum Gasteiger partial charge on any atom is -0.354 e. The number of piperidine rings is 1. The van der Waals surface area contributed by atoms with Gasteiger partial charge in [0.2, 0.25) is 15.9 Å². The largest absolute Gasteiger partial charge is 0.354 e. The van der Waals surface area contributed by atoms with E-state index in [1.807, 2.05) is 0 Å². The van der Waals surface area contributed by atoms with Crippen molar-refractivity contribution in [1.29, 1.82) is 0 Å². The molecule has 1 fully saturated rings. The number of aryl methyl sites for hydroxylation is 1. The highest BCUT2D eigenvalue weighted by atomic mass is 32.2. The van der Waals surface area contributed by atoms with Crippen LogP contribution in [0.4, 0.5) is 0 Å². The zero-order valence-corrected chi connectivity index (χ0v) is 16.5. The Morgan fingerprint density at radius 2 is 1.92 bits per heavy atom. The maximum atomic E-state index is 13.0. The summed E-state index contributed by atoms with van der Waals surface area (Å²) < 4.78 is 29.1. The lowest BCUT2D eigenvalue weighted by Crippen LogP contribution is -2.38. The molecule has 1 aliphatic heterocycles. The van der Waals surface area contributed by atoms with Crippen molar-refractivity contribution in [2.75, 3.05) is 19.6 Å². The summed E-state index contributed by atoms with van der Waals surface area (Å²) in [5.74, 6) is 0.415. The molecule has 8 heteroatoms. The highest BCUT2D eigenvalue weighted by Crippen LogP contribution is 2.27. The van der Waals surface area contributed by atoms with Gasteiger partial charge in [-0.05, 0) is 39.0 Å². The van der Waals surface area contributed by atoms with Crippen LogP contribution in [-0.2, 0) is 21.4 Å². The number of sulfonamides is 1. The fourth-order valence-corrected chi connectivity index (χ4v) is 5.00. The summed E-state index contributed by atoms with van der Waals surface area (Å²) in [4.78, 5) is 12.3. The molecule has 1 amide bonds. The molecule has 0 bridgehead atoms. The molecule has 142 valence electrons.